The van der Waals surface area contributed by atoms with Crippen LogP contribution in [0.4, 0.5) is 10.1 Å². The van der Waals surface area contributed by atoms with E-state index in [-0.39, 0.29) is 23.6 Å². The van der Waals surface area contributed by atoms with Crippen LogP contribution >= 0.6 is 15.9 Å². The van der Waals surface area contributed by atoms with Gasteiger partial charge in [0.2, 0.25) is 0 Å². The number of terminal acetylenes is 1. The smallest absolute Gasteiger partial charge is 0.266 e. The van der Waals surface area contributed by atoms with Gasteiger partial charge in [0.05, 0.1) is 12.8 Å². The highest BCUT2D eigenvalue weighted by Crippen LogP contribution is 2.36. The molecule has 0 saturated heterocycles. The second kappa shape index (κ2) is 9.42. The Kier molecular flexibility index (Phi) is 6.99. The molecule has 2 aromatic rings. The van der Waals surface area contributed by atoms with Gasteiger partial charge in [-0.15, -0.1) is 6.42 Å². The molecule has 7 heteroatoms. The molecule has 0 aliphatic heterocycles. The molecule has 0 heterocycles. The first-order valence-corrected chi connectivity index (χ1v) is 8.41. The summed E-state index contributed by atoms with van der Waals surface area (Å²) in [5.74, 6) is 1.63. The molecule has 0 atom stereocenters. The first kappa shape index (κ1) is 20.0. The molecule has 0 aliphatic rings. The Labute approximate surface area is 164 Å². The van der Waals surface area contributed by atoms with E-state index in [1.54, 1.807) is 24.3 Å². The van der Waals surface area contributed by atoms with E-state index in [0.717, 1.165) is 0 Å². The van der Waals surface area contributed by atoms with Gasteiger partial charge in [-0.25, -0.2) is 4.39 Å². The minimum absolute atomic E-state index is 0.0257. The second-order valence-electron chi connectivity index (χ2n) is 5.12. The van der Waals surface area contributed by atoms with E-state index < -0.39 is 11.7 Å². The Morgan fingerprint density at radius 1 is 1.41 bits per heavy atom. The van der Waals surface area contributed by atoms with Crippen LogP contribution in [0, 0.1) is 29.5 Å². The van der Waals surface area contributed by atoms with Crippen molar-refractivity contribution in [3.8, 4) is 29.9 Å². The molecule has 136 valence electrons. The summed E-state index contributed by atoms with van der Waals surface area (Å²) >= 11 is 3.33. The van der Waals surface area contributed by atoms with E-state index in [4.69, 9.17) is 15.9 Å². The van der Waals surface area contributed by atoms with E-state index in [1.807, 2.05) is 0 Å². The molecule has 27 heavy (non-hydrogen) atoms. The summed E-state index contributed by atoms with van der Waals surface area (Å²) in [5, 5.41) is 11.7. The zero-order valence-electron chi connectivity index (χ0n) is 14.3. The van der Waals surface area contributed by atoms with Crippen LogP contribution in [0.3, 0.4) is 0 Å². The fourth-order valence-corrected chi connectivity index (χ4v) is 2.63. The second-order valence-corrected chi connectivity index (χ2v) is 6.04. The number of benzene rings is 2. The molecule has 2 rings (SSSR count). The third-order valence-electron chi connectivity index (χ3n) is 3.36. The maximum absolute atomic E-state index is 13.7. The molecule has 0 radical (unpaired) electrons. The average Bonchev–Trinajstić information content (AvgIpc) is 2.66. The molecule has 1 amide bonds. The molecule has 0 aliphatic carbocycles. The molecule has 0 spiro atoms. The molecule has 1 N–H and O–H groups in total. The minimum Gasteiger partial charge on any atom is -0.493 e. The Balaban J connectivity index is 2.43. The number of hydrogen-bond donors (Lipinski definition) is 1. The first-order chi connectivity index (χ1) is 13.0. The van der Waals surface area contributed by atoms with E-state index in [2.05, 4.69) is 27.2 Å². The number of halogens is 2. The number of methoxy groups -OCH3 is 1. The monoisotopic (exact) mass is 428 g/mol. The van der Waals surface area contributed by atoms with Crippen molar-refractivity contribution < 1.29 is 18.7 Å². The fourth-order valence-electron chi connectivity index (χ4n) is 2.17. The van der Waals surface area contributed by atoms with Gasteiger partial charge >= 0.3 is 0 Å². The number of nitrogens with zero attached hydrogens (tertiary/aromatic N) is 1. The Morgan fingerprint density at radius 3 is 2.78 bits per heavy atom. The number of para-hydroxylation sites is 1. The van der Waals surface area contributed by atoms with Crippen LogP contribution in [0.2, 0.25) is 0 Å². The van der Waals surface area contributed by atoms with Crippen molar-refractivity contribution >= 4 is 33.6 Å². The lowest BCUT2D eigenvalue weighted by molar-refractivity contribution is -0.112. The van der Waals surface area contributed by atoms with Gasteiger partial charge < -0.3 is 14.8 Å². The maximum Gasteiger partial charge on any atom is 0.266 e. The summed E-state index contributed by atoms with van der Waals surface area (Å²) in [5.41, 5.74) is 0.125. The summed E-state index contributed by atoms with van der Waals surface area (Å²) in [7, 11) is 1.45. The lowest BCUT2D eigenvalue weighted by Gasteiger charge is -2.13. The number of rotatable bonds is 6. The molecule has 0 fully saturated rings. The van der Waals surface area contributed by atoms with Gasteiger partial charge in [0, 0.05) is 10.0 Å². The van der Waals surface area contributed by atoms with Gasteiger partial charge in [0.25, 0.3) is 5.91 Å². The van der Waals surface area contributed by atoms with E-state index in [0.29, 0.717) is 15.8 Å². The number of amides is 1. The van der Waals surface area contributed by atoms with Crippen molar-refractivity contribution in [2.45, 2.75) is 0 Å². The van der Waals surface area contributed by atoms with Crippen molar-refractivity contribution in [1.29, 1.82) is 5.26 Å². The highest BCUT2D eigenvalue weighted by molar-refractivity contribution is 9.10. The zero-order valence-corrected chi connectivity index (χ0v) is 15.8. The molecular formula is C20H14BrFN2O3. The molecular weight excluding hydrogens is 415 g/mol. The van der Waals surface area contributed by atoms with Crippen molar-refractivity contribution in [1.82, 2.24) is 0 Å². The van der Waals surface area contributed by atoms with Gasteiger partial charge in [-0.05, 0) is 30.3 Å². The lowest BCUT2D eigenvalue weighted by atomic mass is 10.1. The standard InChI is InChI=1S/C20H14BrFN2O3/c1-3-8-27-19-13(10-15(21)11-18(19)26-2)9-14(12-23)20(25)24-17-7-5-4-6-16(17)22/h1,4-7,9-11H,8H2,2H3,(H,24,25)/b14-9+. The fraction of sp³-hybridized carbons (Fsp3) is 0.100. The summed E-state index contributed by atoms with van der Waals surface area (Å²) in [6.45, 7) is -0.0257. The van der Waals surface area contributed by atoms with Gasteiger partial charge in [-0.2, -0.15) is 5.26 Å². The van der Waals surface area contributed by atoms with Gasteiger partial charge in [0.15, 0.2) is 11.5 Å². The van der Waals surface area contributed by atoms with Crippen molar-refractivity contribution in [2.24, 2.45) is 0 Å². The van der Waals surface area contributed by atoms with E-state index in [9.17, 15) is 14.4 Å². The van der Waals surface area contributed by atoms with Crippen LogP contribution < -0.4 is 14.8 Å². The molecule has 0 saturated carbocycles. The number of hydrogen-bond acceptors (Lipinski definition) is 4. The predicted octanol–water partition coefficient (Wildman–Crippen LogP) is 4.15. The molecule has 0 bridgehead atoms. The third kappa shape index (κ3) is 5.10. The van der Waals surface area contributed by atoms with E-state index >= 15 is 0 Å². The number of nitriles is 1. The summed E-state index contributed by atoms with van der Waals surface area (Å²) in [6.07, 6.45) is 6.55. The number of ether oxygens (including phenoxy) is 2. The Morgan fingerprint density at radius 2 is 2.15 bits per heavy atom. The van der Waals surface area contributed by atoms with Crippen LogP contribution in [-0.4, -0.2) is 19.6 Å². The quantitative estimate of drug-likeness (QED) is 0.426. The van der Waals surface area contributed by atoms with Gasteiger partial charge in [0.1, 0.15) is 24.1 Å². The number of nitrogens with one attached hydrogen (secondary N) is 1. The lowest BCUT2D eigenvalue weighted by Crippen LogP contribution is -2.14. The van der Waals surface area contributed by atoms with Gasteiger partial charge in [-0.1, -0.05) is 34.0 Å². The van der Waals surface area contributed by atoms with Crippen LogP contribution in [0.25, 0.3) is 6.08 Å². The Bertz CT molecular complexity index is 974. The van der Waals surface area contributed by atoms with Crippen molar-refractivity contribution in [3.63, 3.8) is 0 Å². The van der Waals surface area contributed by atoms with Crippen LogP contribution in [-0.2, 0) is 4.79 Å². The number of anilines is 1. The Hall–Kier alpha value is -3.29. The van der Waals surface area contributed by atoms with Crippen molar-refractivity contribution in [2.75, 3.05) is 19.0 Å². The van der Waals surface area contributed by atoms with Crippen LogP contribution in [0.5, 0.6) is 11.5 Å². The molecule has 0 aromatic heterocycles. The third-order valence-corrected chi connectivity index (χ3v) is 3.81. The highest BCUT2D eigenvalue weighted by Gasteiger charge is 2.16. The summed E-state index contributed by atoms with van der Waals surface area (Å²) < 4.78 is 25.1. The van der Waals surface area contributed by atoms with Crippen LogP contribution in [0.1, 0.15) is 5.56 Å². The maximum atomic E-state index is 13.7. The minimum atomic E-state index is -0.760. The average molecular weight is 429 g/mol. The van der Waals surface area contributed by atoms with Gasteiger partial charge in [-0.3, -0.25) is 4.79 Å². The zero-order chi connectivity index (χ0) is 19.8. The molecule has 2 aromatic carbocycles. The first-order valence-electron chi connectivity index (χ1n) is 7.61. The van der Waals surface area contributed by atoms with Crippen LogP contribution in [0.15, 0.2) is 46.4 Å². The van der Waals surface area contributed by atoms with E-state index in [1.165, 1.54) is 31.4 Å². The number of carbonyl (C=O) groups is 1. The largest absolute Gasteiger partial charge is 0.493 e. The molecule has 0 unspecified atom stereocenters. The predicted molar refractivity (Wildman–Crippen MR) is 104 cm³/mol. The molecule has 5 nitrogen and oxygen atoms in total. The normalized spacial score (nSPS) is 10.5. The highest BCUT2D eigenvalue weighted by atomic mass is 79.9. The topological polar surface area (TPSA) is 71.3 Å². The SMILES string of the molecule is C#CCOc1c(/C=C(\C#N)C(=O)Nc2ccccc2F)cc(Br)cc1OC. The van der Waals surface area contributed by atoms with Crippen molar-refractivity contribution in [3.05, 3.63) is 57.8 Å². The summed E-state index contributed by atoms with van der Waals surface area (Å²) in [6, 6.07) is 10.8. The number of carbonyl (C=O) groups excluding carboxylic acids is 1. The summed E-state index contributed by atoms with van der Waals surface area (Å²) in [4.78, 5) is 12.4.